The van der Waals surface area contributed by atoms with Gasteiger partial charge >= 0.3 is 0 Å². The molecule has 1 aliphatic rings. The minimum Gasteiger partial charge on any atom is -0.353 e. The van der Waals surface area contributed by atoms with Crippen LogP contribution in [0.1, 0.15) is 11.6 Å². The molecule has 2 aromatic rings. The minimum absolute atomic E-state index is 0.00581. The fourth-order valence-corrected chi connectivity index (χ4v) is 2.48. The van der Waals surface area contributed by atoms with E-state index in [2.05, 4.69) is 15.6 Å². The number of halogens is 1. The van der Waals surface area contributed by atoms with Crippen LogP contribution in [-0.2, 0) is 4.79 Å². The highest BCUT2D eigenvalue weighted by molar-refractivity contribution is 6.35. The Bertz CT molecular complexity index is 614. The molecule has 5 heteroatoms. The molecule has 1 amide bonds. The topological polar surface area (TPSA) is 54.0 Å². The maximum Gasteiger partial charge on any atom is 0.241 e. The van der Waals surface area contributed by atoms with Gasteiger partial charge in [-0.1, -0.05) is 23.7 Å². The molecule has 1 aromatic carbocycles. The van der Waals surface area contributed by atoms with E-state index in [0.29, 0.717) is 11.6 Å². The zero-order valence-corrected chi connectivity index (χ0v) is 10.4. The highest BCUT2D eigenvalue weighted by Crippen LogP contribution is 2.28. The summed E-state index contributed by atoms with van der Waals surface area (Å²) in [6, 6.07) is 7.14. The first-order valence-electron chi connectivity index (χ1n) is 5.81. The van der Waals surface area contributed by atoms with Crippen LogP contribution in [0.3, 0.4) is 0 Å². The maximum absolute atomic E-state index is 11.9. The number of hydrogen-bond donors (Lipinski definition) is 2. The van der Waals surface area contributed by atoms with Gasteiger partial charge in [-0.3, -0.25) is 9.78 Å². The summed E-state index contributed by atoms with van der Waals surface area (Å²) < 4.78 is 0. The molecule has 92 valence electrons. The lowest BCUT2D eigenvalue weighted by molar-refractivity contribution is -0.124. The van der Waals surface area contributed by atoms with Crippen LogP contribution in [0.4, 0.5) is 0 Å². The van der Waals surface area contributed by atoms with Gasteiger partial charge in [0.25, 0.3) is 0 Å². The second-order valence-corrected chi connectivity index (χ2v) is 4.62. The van der Waals surface area contributed by atoms with Crippen LogP contribution in [0.2, 0.25) is 5.02 Å². The van der Waals surface area contributed by atoms with Crippen LogP contribution in [-0.4, -0.2) is 24.0 Å². The van der Waals surface area contributed by atoms with Gasteiger partial charge < -0.3 is 10.6 Å². The molecule has 3 rings (SSSR count). The summed E-state index contributed by atoms with van der Waals surface area (Å²) in [6.45, 7) is 1.43. The molecule has 1 aliphatic heterocycles. The third kappa shape index (κ3) is 1.83. The average molecular weight is 262 g/mol. The predicted molar refractivity (Wildman–Crippen MR) is 70.5 cm³/mol. The molecule has 2 heterocycles. The highest BCUT2D eigenvalue weighted by Gasteiger charge is 2.25. The molecule has 1 atom stereocenters. The quantitative estimate of drug-likeness (QED) is 0.821. The lowest BCUT2D eigenvalue weighted by atomic mass is 10.0. The molecule has 1 unspecified atom stereocenters. The molecule has 18 heavy (non-hydrogen) atoms. The van der Waals surface area contributed by atoms with Crippen molar-refractivity contribution in [3.8, 4) is 0 Å². The highest BCUT2D eigenvalue weighted by atomic mass is 35.5. The van der Waals surface area contributed by atoms with Crippen LogP contribution < -0.4 is 10.6 Å². The smallest absolute Gasteiger partial charge is 0.241 e. The van der Waals surface area contributed by atoms with Gasteiger partial charge in [-0.05, 0) is 17.7 Å². The van der Waals surface area contributed by atoms with Crippen molar-refractivity contribution in [2.45, 2.75) is 6.04 Å². The third-order valence-electron chi connectivity index (χ3n) is 3.10. The fraction of sp³-hybridized carbons (Fsp3) is 0.231. The van der Waals surface area contributed by atoms with Crippen molar-refractivity contribution in [3.05, 3.63) is 41.0 Å². The van der Waals surface area contributed by atoms with Crippen molar-refractivity contribution in [1.82, 2.24) is 15.6 Å². The maximum atomic E-state index is 11.9. The van der Waals surface area contributed by atoms with Gasteiger partial charge in [0, 0.05) is 24.7 Å². The first-order valence-corrected chi connectivity index (χ1v) is 6.19. The van der Waals surface area contributed by atoms with Gasteiger partial charge in [0.1, 0.15) is 6.04 Å². The number of fused-ring (bicyclic) bond motifs is 1. The summed E-state index contributed by atoms with van der Waals surface area (Å²) in [5, 5.41) is 7.59. The lowest BCUT2D eigenvalue weighted by Gasteiger charge is -2.24. The fourth-order valence-electron chi connectivity index (χ4n) is 2.26. The molecule has 1 fully saturated rings. The van der Waals surface area contributed by atoms with E-state index < -0.39 is 0 Å². The largest absolute Gasteiger partial charge is 0.353 e. The summed E-state index contributed by atoms with van der Waals surface area (Å²) in [5.41, 5.74) is 1.65. The van der Waals surface area contributed by atoms with Crippen LogP contribution in [0.25, 0.3) is 10.9 Å². The molecule has 4 nitrogen and oxygen atoms in total. The van der Waals surface area contributed by atoms with Crippen LogP contribution in [0, 0.1) is 0 Å². The summed E-state index contributed by atoms with van der Waals surface area (Å²) >= 11 is 6.12. The zero-order valence-electron chi connectivity index (χ0n) is 9.61. The number of hydrogen-bond acceptors (Lipinski definition) is 3. The SMILES string of the molecule is O=C1NCCNC1c1ccnc2c(Cl)cccc12. The van der Waals surface area contributed by atoms with Gasteiger partial charge in [-0.15, -0.1) is 0 Å². The van der Waals surface area contributed by atoms with Crippen molar-refractivity contribution >= 4 is 28.4 Å². The molecule has 0 radical (unpaired) electrons. The monoisotopic (exact) mass is 261 g/mol. The first kappa shape index (κ1) is 11.4. The Kier molecular flexibility index (Phi) is 2.89. The van der Waals surface area contributed by atoms with Gasteiger partial charge in [0.15, 0.2) is 0 Å². The molecule has 0 bridgehead atoms. The number of nitrogens with zero attached hydrogens (tertiary/aromatic N) is 1. The first-order chi connectivity index (χ1) is 8.77. The Morgan fingerprint density at radius 1 is 1.28 bits per heavy atom. The molecular weight excluding hydrogens is 250 g/mol. The Hall–Kier alpha value is -1.65. The number of rotatable bonds is 1. The standard InChI is InChI=1S/C13H12ClN3O/c14-10-3-1-2-8-9(4-5-15-11(8)10)12-13(18)17-7-6-16-12/h1-5,12,16H,6-7H2,(H,17,18). The number of aromatic nitrogens is 1. The Morgan fingerprint density at radius 2 is 2.17 bits per heavy atom. The number of pyridine rings is 1. The number of carbonyl (C=O) groups is 1. The average Bonchev–Trinajstić information content (AvgIpc) is 2.40. The van der Waals surface area contributed by atoms with Gasteiger partial charge in [-0.2, -0.15) is 0 Å². The van der Waals surface area contributed by atoms with Crippen molar-refractivity contribution in [2.24, 2.45) is 0 Å². The van der Waals surface area contributed by atoms with E-state index in [4.69, 9.17) is 11.6 Å². The van der Waals surface area contributed by atoms with Gasteiger partial charge in [0.2, 0.25) is 5.91 Å². The summed E-state index contributed by atoms with van der Waals surface area (Å²) in [6.07, 6.45) is 1.69. The van der Waals surface area contributed by atoms with Gasteiger partial charge in [-0.25, -0.2) is 0 Å². The molecule has 0 spiro atoms. The molecule has 0 aliphatic carbocycles. The van der Waals surface area contributed by atoms with E-state index >= 15 is 0 Å². The zero-order chi connectivity index (χ0) is 12.5. The van der Waals surface area contributed by atoms with E-state index in [0.717, 1.165) is 23.0 Å². The van der Waals surface area contributed by atoms with Crippen molar-refractivity contribution in [1.29, 1.82) is 0 Å². The number of carbonyl (C=O) groups excluding carboxylic acids is 1. The summed E-state index contributed by atoms with van der Waals surface area (Å²) in [5.74, 6) is -0.00581. The molecule has 1 aromatic heterocycles. The van der Waals surface area contributed by atoms with E-state index in [1.165, 1.54) is 0 Å². The van der Waals surface area contributed by atoms with E-state index in [1.54, 1.807) is 12.3 Å². The third-order valence-corrected chi connectivity index (χ3v) is 3.41. The second kappa shape index (κ2) is 4.55. The minimum atomic E-state index is -0.331. The lowest BCUT2D eigenvalue weighted by Crippen LogP contribution is -2.47. The Morgan fingerprint density at radius 3 is 3.00 bits per heavy atom. The number of amides is 1. The number of para-hydroxylation sites is 1. The Labute approximate surface area is 109 Å². The second-order valence-electron chi connectivity index (χ2n) is 4.21. The summed E-state index contributed by atoms with van der Waals surface area (Å²) in [4.78, 5) is 16.2. The predicted octanol–water partition coefficient (Wildman–Crippen LogP) is 1.65. The van der Waals surface area contributed by atoms with Crippen molar-refractivity contribution in [3.63, 3.8) is 0 Å². The Balaban J connectivity index is 2.17. The van der Waals surface area contributed by atoms with Crippen LogP contribution >= 0.6 is 11.6 Å². The van der Waals surface area contributed by atoms with Crippen molar-refractivity contribution in [2.75, 3.05) is 13.1 Å². The number of piperazine rings is 1. The molecular formula is C13H12ClN3O. The van der Waals surface area contributed by atoms with Crippen LogP contribution in [0.15, 0.2) is 30.5 Å². The number of benzene rings is 1. The van der Waals surface area contributed by atoms with Crippen LogP contribution in [0.5, 0.6) is 0 Å². The van der Waals surface area contributed by atoms with E-state index in [1.807, 2.05) is 18.2 Å². The van der Waals surface area contributed by atoms with Gasteiger partial charge in [0.05, 0.1) is 10.5 Å². The van der Waals surface area contributed by atoms with E-state index in [-0.39, 0.29) is 11.9 Å². The van der Waals surface area contributed by atoms with Crippen molar-refractivity contribution < 1.29 is 4.79 Å². The molecule has 2 N–H and O–H groups in total. The summed E-state index contributed by atoms with van der Waals surface area (Å²) in [7, 11) is 0. The van der Waals surface area contributed by atoms with E-state index in [9.17, 15) is 4.79 Å². The molecule has 1 saturated heterocycles. The normalized spacial score (nSPS) is 19.8. The number of nitrogens with one attached hydrogen (secondary N) is 2. The molecule has 0 saturated carbocycles.